The quantitative estimate of drug-likeness (QED) is 0.715. The van der Waals surface area contributed by atoms with E-state index in [1.54, 1.807) is 0 Å². The van der Waals surface area contributed by atoms with E-state index in [9.17, 15) is 0 Å². The summed E-state index contributed by atoms with van der Waals surface area (Å²) >= 11 is 0. The topological polar surface area (TPSA) is 58.9 Å². The van der Waals surface area contributed by atoms with Crippen molar-refractivity contribution in [1.29, 1.82) is 0 Å². The van der Waals surface area contributed by atoms with Gasteiger partial charge in [0, 0.05) is 40.6 Å². The van der Waals surface area contributed by atoms with Crippen molar-refractivity contribution in [2.24, 2.45) is 0 Å². The number of hydrogen-bond acceptors (Lipinski definition) is 4. The van der Waals surface area contributed by atoms with Crippen LogP contribution in [0.5, 0.6) is 0 Å². The second kappa shape index (κ2) is 29.3. The highest BCUT2D eigenvalue weighted by molar-refractivity contribution is 4.43. The molecule has 0 bridgehead atoms. The van der Waals surface area contributed by atoms with E-state index in [4.69, 9.17) is 19.7 Å². The average Bonchev–Trinajstić information content (AvgIpc) is 2.83. The predicted molar refractivity (Wildman–Crippen MR) is 58.5 cm³/mol. The van der Waals surface area contributed by atoms with Crippen LogP contribution in [-0.2, 0) is 9.47 Å². The van der Waals surface area contributed by atoms with Crippen molar-refractivity contribution in [3.8, 4) is 0 Å². The number of ether oxygens (including phenoxy) is 2. The molecule has 0 amide bonds. The molecule has 14 heavy (non-hydrogen) atoms. The lowest BCUT2D eigenvalue weighted by Gasteiger charge is -1.86. The highest BCUT2D eigenvalue weighted by atomic mass is 16.5. The lowest BCUT2D eigenvalue weighted by molar-refractivity contribution is 0.162. The number of rotatable bonds is 2. The Balaban J connectivity index is -0.000000128. The first-order valence-electron chi connectivity index (χ1n) is 4.96. The fourth-order valence-corrected chi connectivity index (χ4v) is 0.714. The third-order valence-electron chi connectivity index (χ3n) is 1.24. The summed E-state index contributed by atoms with van der Waals surface area (Å²) in [6.07, 6.45) is 2.56. The van der Waals surface area contributed by atoms with Crippen LogP contribution >= 0.6 is 0 Å². The maximum absolute atomic E-state index is 7.00. The summed E-state index contributed by atoms with van der Waals surface area (Å²) < 4.78 is 9.78. The maximum Gasteiger partial charge on any atom is 0.0466 e. The summed E-state index contributed by atoms with van der Waals surface area (Å²) in [5.74, 6) is 0. The Kier molecular flexibility index (Phi) is 40.6. The fraction of sp³-hybridized carbons (Fsp3) is 1.00. The molecule has 1 heterocycles. The van der Waals surface area contributed by atoms with Gasteiger partial charge in [0.2, 0.25) is 0 Å². The highest BCUT2D eigenvalue weighted by Crippen LogP contribution is 1.98. The molecule has 1 aliphatic rings. The van der Waals surface area contributed by atoms with Gasteiger partial charge in [-0.2, -0.15) is 0 Å². The molecule has 1 aliphatic heterocycles. The minimum Gasteiger partial charge on any atom is -0.400 e. The molecular weight excluding hydrogens is 184 g/mol. The lowest BCUT2D eigenvalue weighted by atomic mass is 10.4. The van der Waals surface area contributed by atoms with Gasteiger partial charge in [0.25, 0.3) is 0 Å². The molecule has 0 aromatic heterocycles. The molecule has 0 unspecified atom stereocenters. The second-order valence-electron chi connectivity index (χ2n) is 2.10. The summed E-state index contributed by atoms with van der Waals surface area (Å²) in [6, 6.07) is 0. The monoisotopic (exact) mass is 210 g/mol. The molecule has 1 saturated heterocycles. The van der Waals surface area contributed by atoms with Gasteiger partial charge in [0.05, 0.1) is 0 Å². The first kappa shape index (κ1) is 19.4. The first-order valence-corrected chi connectivity index (χ1v) is 4.96. The van der Waals surface area contributed by atoms with E-state index in [2.05, 4.69) is 0 Å². The zero-order valence-corrected chi connectivity index (χ0v) is 9.95. The first-order chi connectivity index (χ1) is 6.91. The van der Waals surface area contributed by atoms with Gasteiger partial charge in [-0.15, -0.1) is 0 Å². The summed E-state index contributed by atoms with van der Waals surface area (Å²) in [4.78, 5) is 0. The predicted octanol–water partition coefficient (Wildman–Crippen LogP) is 1.06. The van der Waals surface area contributed by atoms with Gasteiger partial charge in [-0.3, -0.25) is 0 Å². The molecule has 0 saturated carbocycles. The summed E-state index contributed by atoms with van der Waals surface area (Å²) in [5.41, 5.74) is 0. The van der Waals surface area contributed by atoms with Crippen molar-refractivity contribution in [2.75, 3.05) is 40.6 Å². The smallest absolute Gasteiger partial charge is 0.0466 e. The minimum atomic E-state index is 0.844. The van der Waals surface area contributed by atoms with Gasteiger partial charge in [0.1, 0.15) is 0 Å². The molecular formula is C10H26O4. The Morgan fingerprint density at radius 2 is 1.29 bits per heavy atom. The molecule has 90 valence electrons. The van der Waals surface area contributed by atoms with Crippen molar-refractivity contribution >= 4 is 0 Å². The average molecular weight is 210 g/mol. The molecule has 0 aliphatic carbocycles. The molecule has 0 spiro atoms. The summed E-state index contributed by atoms with van der Waals surface area (Å²) in [6.45, 7) is 7.67. The number of hydrogen-bond donors (Lipinski definition) is 2. The van der Waals surface area contributed by atoms with Crippen LogP contribution in [0.15, 0.2) is 0 Å². The van der Waals surface area contributed by atoms with Crippen LogP contribution in [0.2, 0.25) is 0 Å². The summed E-state index contributed by atoms with van der Waals surface area (Å²) in [5, 5.41) is 14.0. The Hall–Kier alpha value is -0.160. The molecule has 0 aromatic carbocycles. The zero-order valence-electron chi connectivity index (χ0n) is 9.95. The number of aliphatic hydroxyl groups is 2. The third kappa shape index (κ3) is 29.7. The van der Waals surface area contributed by atoms with Gasteiger partial charge in [-0.1, -0.05) is 0 Å². The maximum atomic E-state index is 7.00. The van der Waals surface area contributed by atoms with Gasteiger partial charge < -0.3 is 19.7 Å². The van der Waals surface area contributed by atoms with E-state index in [-0.39, 0.29) is 0 Å². The van der Waals surface area contributed by atoms with Crippen LogP contribution in [0.1, 0.15) is 26.7 Å². The Morgan fingerprint density at radius 1 is 0.929 bits per heavy atom. The molecule has 0 atom stereocenters. The van der Waals surface area contributed by atoms with Gasteiger partial charge in [0.15, 0.2) is 0 Å². The van der Waals surface area contributed by atoms with E-state index in [0.717, 1.165) is 40.6 Å². The van der Waals surface area contributed by atoms with E-state index < -0.39 is 0 Å². The van der Waals surface area contributed by atoms with Crippen LogP contribution in [0, 0.1) is 0 Å². The zero-order chi connectivity index (χ0) is 11.7. The SMILES string of the molecule is C1CCOC1.CCOCC.CO.CO. The van der Waals surface area contributed by atoms with Gasteiger partial charge >= 0.3 is 0 Å². The van der Waals surface area contributed by atoms with Crippen LogP contribution in [-0.4, -0.2) is 50.9 Å². The van der Waals surface area contributed by atoms with E-state index >= 15 is 0 Å². The van der Waals surface area contributed by atoms with Crippen molar-refractivity contribution in [3.63, 3.8) is 0 Å². The second-order valence-corrected chi connectivity index (χ2v) is 2.10. The van der Waals surface area contributed by atoms with E-state index in [1.807, 2.05) is 13.8 Å². The Labute approximate surface area is 87.9 Å². The molecule has 0 radical (unpaired) electrons. The molecule has 4 heteroatoms. The van der Waals surface area contributed by atoms with Crippen molar-refractivity contribution < 1.29 is 19.7 Å². The molecule has 0 aromatic rings. The lowest BCUT2D eigenvalue weighted by Crippen LogP contribution is -1.84. The van der Waals surface area contributed by atoms with Gasteiger partial charge in [-0.05, 0) is 26.7 Å². The third-order valence-corrected chi connectivity index (χ3v) is 1.24. The van der Waals surface area contributed by atoms with Crippen molar-refractivity contribution in [2.45, 2.75) is 26.7 Å². The standard InChI is InChI=1S/C4H8O.C4H10O.2CH4O/c1-2-4-5-3-1;1-3-5-4-2;2*1-2/h1-4H2;3-4H2,1-2H3;2*2H,1H3. The normalized spacial score (nSPS) is 12.4. The van der Waals surface area contributed by atoms with Crippen molar-refractivity contribution in [1.82, 2.24) is 0 Å². The fourth-order valence-electron chi connectivity index (χ4n) is 0.714. The molecule has 1 fully saturated rings. The highest BCUT2D eigenvalue weighted by Gasteiger charge is 1.94. The van der Waals surface area contributed by atoms with Crippen LogP contribution < -0.4 is 0 Å². The molecule has 2 N–H and O–H groups in total. The summed E-state index contributed by atoms with van der Waals surface area (Å²) in [7, 11) is 2.00. The number of aliphatic hydroxyl groups excluding tert-OH is 2. The molecule has 1 rings (SSSR count). The minimum absolute atomic E-state index is 0.844. The van der Waals surface area contributed by atoms with Crippen molar-refractivity contribution in [3.05, 3.63) is 0 Å². The largest absolute Gasteiger partial charge is 0.400 e. The van der Waals surface area contributed by atoms with Crippen LogP contribution in [0.4, 0.5) is 0 Å². The van der Waals surface area contributed by atoms with E-state index in [0.29, 0.717) is 0 Å². The van der Waals surface area contributed by atoms with Gasteiger partial charge in [-0.25, -0.2) is 0 Å². The van der Waals surface area contributed by atoms with Crippen LogP contribution in [0.25, 0.3) is 0 Å². The van der Waals surface area contributed by atoms with E-state index in [1.165, 1.54) is 12.8 Å². The molecule has 4 nitrogen and oxygen atoms in total. The van der Waals surface area contributed by atoms with Crippen LogP contribution in [0.3, 0.4) is 0 Å². The Bertz CT molecular complexity index is 46.5. The Morgan fingerprint density at radius 3 is 1.36 bits per heavy atom.